The minimum Gasteiger partial charge on any atom is -0.612 e. The van der Waals surface area contributed by atoms with Gasteiger partial charge in [0.25, 0.3) is 0 Å². The van der Waals surface area contributed by atoms with Crippen molar-refractivity contribution in [2.45, 2.75) is 20.3 Å². The Bertz CT molecular complexity index is 687. The first-order valence-electron chi connectivity index (χ1n) is 7.39. The highest BCUT2D eigenvalue weighted by Crippen LogP contribution is 2.27. The predicted molar refractivity (Wildman–Crippen MR) is 90.6 cm³/mol. The van der Waals surface area contributed by atoms with E-state index in [9.17, 15) is 10.4 Å². The van der Waals surface area contributed by atoms with Crippen LogP contribution in [0.2, 0.25) is 0 Å². The monoisotopic (exact) mass is 303 g/mol. The van der Waals surface area contributed by atoms with Gasteiger partial charge in [-0.2, -0.15) is 4.90 Å². The van der Waals surface area contributed by atoms with Gasteiger partial charge >= 0.3 is 0 Å². The maximum Gasteiger partial charge on any atom is 0.237 e. The summed E-state index contributed by atoms with van der Waals surface area (Å²) in [4.78, 5) is 4.96. The Balaban J connectivity index is 2.45. The summed E-state index contributed by atoms with van der Waals surface area (Å²) in [6.07, 6.45) is 2.80. The molecule has 1 aliphatic heterocycles. The average molecular weight is 303 g/mol. The number of aryl methyl sites for hydroxylation is 2. The lowest BCUT2D eigenvalue weighted by Crippen LogP contribution is -2.27. The average Bonchev–Trinajstić information content (AvgIpc) is 2.43. The third-order valence-electron chi connectivity index (χ3n) is 3.71. The first-order chi connectivity index (χ1) is 10.4. The van der Waals surface area contributed by atoms with Crippen molar-refractivity contribution in [2.24, 2.45) is 0 Å². The van der Waals surface area contributed by atoms with Crippen molar-refractivity contribution in [1.29, 1.82) is 0 Å². The molecule has 0 fully saturated rings. The number of aromatic nitrogens is 1. The van der Waals surface area contributed by atoms with Crippen molar-refractivity contribution in [1.82, 2.24) is 14.8 Å². The van der Waals surface area contributed by atoms with Crippen LogP contribution < -0.4 is 15.6 Å². The summed E-state index contributed by atoms with van der Waals surface area (Å²) in [6.45, 7) is 5.50. The molecule has 1 heterocycles. The lowest BCUT2D eigenvalue weighted by atomic mass is 9.98. The van der Waals surface area contributed by atoms with Crippen LogP contribution in [-0.2, 0) is 0 Å². The molecule has 0 amide bonds. The zero-order valence-corrected chi connectivity index (χ0v) is 13.6. The summed E-state index contributed by atoms with van der Waals surface area (Å²) < 4.78 is 0. The molecule has 120 valence electrons. The molecule has 1 aliphatic carbocycles. The van der Waals surface area contributed by atoms with E-state index in [-0.39, 0.29) is 10.3 Å². The van der Waals surface area contributed by atoms with Gasteiger partial charge in [-0.05, 0) is 58.6 Å². The molecule has 0 aromatic heterocycles. The third-order valence-corrected chi connectivity index (χ3v) is 3.71. The highest BCUT2D eigenvalue weighted by molar-refractivity contribution is 5.78. The normalized spacial score (nSPS) is 11.1. The lowest BCUT2D eigenvalue weighted by molar-refractivity contribution is 0.405. The molecule has 0 aromatic rings. The van der Waals surface area contributed by atoms with Gasteiger partial charge in [0.05, 0.1) is 16.9 Å². The van der Waals surface area contributed by atoms with Gasteiger partial charge in [0, 0.05) is 18.3 Å². The van der Waals surface area contributed by atoms with E-state index in [2.05, 4.69) is 15.2 Å². The number of hydrogen-bond donors (Lipinski definition) is 2. The molecule has 0 saturated heterocycles. The molecule has 0 aromatic carbocycles. The largest absolute Gasteiger partial charge is 0.612 e. The second kappa shape index (κ2) is 6.70. The number of hydrogen-bond acceptors (Lipinski definition) is 4. The van der Waals surface area contributed by atoms with Crippen molar-refractivity contribution in [2.75, 3.05) is 32.5 Å². The molecule has 0 bridgehead atoms. The second-order valence-corrected chi connectivity index (χ2v) is 5.84. The molecule has 2 N–H and O–H groups in total. The number of pyridine rings is 1. The van der Waals surface area contributed by atoms with E-state index in [0.717, 1.165) is 36.5 Å². The van der Waals surface area contributed by atoms with Gasteiger partial charge < -0.3 is 25.6 Å². The van der Waals surface area contributed by atoms with Crippen LogP contribution in [0.25, 0.3) is 11.3 Å². The first-order valence-corrected chi connectivity index (χ1v) is 7.39. The van der Waals surface area contributed by atoms with Crippen LogP contribution in [-0.4, -0.2) is 37.1 Å². The van der Waals surface area contributed by atoms with Gasteiger partial charge in [-0.15, -0.1) is 0 Å². The van der Waals surface area contributed by atoms with Crippen LogP contribution in [0.4, 0.5) is 5.69 Å². The first kappa shape index (κ1) is 16.2. The van der Waals surface area contributed by atoms with Crippen LogP contribution in [0, 0.1) is 24.3 Å². The van der Waals surface area contributed by atoms with Gasteiger partial charge in [0.2, 0.25) is 5.36 Å². The number of benzene rings is 1. The molecule has 0 radical (unpaired) electrons. The Hall–Kier alpha value is -2.21. The van der Waals surface area contributed by atoms with Crippen molar-refractivity contribution < 1.29 is 0 Å². The maximum atomic E-state index is 11.5. The van der Waals surface area contributed by atoms with E-state index in [1.165, 1.54) is 0 Å². The molecule has 0 atom stereocenters. The van der Waals surface area contributed by atoms with E-state index in [4.69, 9.17) is 0 Å². The van der Waals surface area contributed by atoms with E-state index in [1.54, 1.807) is 6.92 Å². The molecule has 0 unspecified atom stereocenters. The van der Waals surface area contributed by atoms with Crippen molar-refractivity contribution >= 4 is 5.69 Å². The molecule has 2 rings (SSSR count). The van der Waals surface area contributed by atoms with E-state index in [0.29, 0.717) is 11.1 Å². The summed E-state index contributed by atoms with van der Waals surface area (Å²) in [6, 6.07) is 3.72. The fourth-order valence-corrected chi connectivity index (χ4v) is 2.72. The highest BCUT2D eigenvalue weighted by Gasteiger charge is 2.18. The summed E-state index contributed by atoms with van der Waals surface area (Å²) >= 11 is 0. The maximum absolute atomic E-state index is 11.5. The number of nitrogens with one attached hydrogen (secondary N) is 2. The van der Waals surface area contributed by atoms with Crippen LogP contribution >= 0.6 is 0 Å². The number of anilines is 1. The fraction of sp³-hybridized carbons (Fsp3) is 0.438. The Kier molecular flexibility index (Phi) is 4.92. The standard InChI is InChI=1S/C16H23N4O2/c1-11-10-12(2)16(20(21)22)14-13(6-8-18-15(11)14)17-7-5-9-19(3)4/h6,8,10,17-18H,5,7,9H2,1-4H3/q-1. The lowest BCUT2D eigenvalue weighted by Gasteiger charge is -2.18. The second-order valence-electron chi connectivity index (χ2n) is 5.84. The van der Waals surface area contributed by atoms with Gasteiger partial charge in [-0.1, -0.05) is 0 Å². The van der Waals surface area contributed by atoms with E-state index < -0.39 is 0 Å². The molecule has 6 heteroatoms. The molecular formula is C16H23N4O2-. The van der Waals surface area contributed by atoms with Crippen LogP contribution in [0.3, 0.4) is 0 Å². The van der Waals surface area contributed by atoms with Crippen molar-refractivity contribution in [3.8, 4) is 11.3 Å². The Labute approximate surface area is 130 Å². The SMILES string of the molecule is Cc1cc(C)c(=[N+]([O-])[O-])c2c(NCCCN(C)C)cc[nH]c1-2. The number of nitrogens with zero attached hydrogens (tertiary/aromatic N) is 2. The summed E-state index contributed by atoms with van der Waals surface area (Å²) in [5, 5.41) is 26.5. The third kappa shape index (κ3) is 3.33. The molecule has 0 saturated carbocycles. The van der Waals surface area contributed by atoms with Crippen LogP contribution in [0.1, 0.15) is 17.5 Å². The zero-order valence-electron chi connectivity index (χ0n) is 13.6. The molecule has 22 heavy (non-hydrogen) atoms. The smallest absolute Gasteiger partial charge is 0.237 e. The summed E-state index contributed by atoms with van der Waals surface area (Å²) in [7, 11) is 4.06. The molecule has 6 nitrogen and oxygen atoms in total. The fourth-order valence-electron chi connectivity index (χ4n) is 2.72. The number of rotatable bonds is 5. The van der Waals surface area contributed by atoms with Crippen LogP contribution in [0.5, 0.6) is 0 Å². The van der Waals surface area contributed by atoms with Gasteiger partial charge in [0.1, 0.15) is 0 Å². The molecule has 0 spiro atoms. The Morgan fingerprint density at radius 3 is 2.59 bits per heavy atom. The van der Waals surface area contributed by atoms with E-state index >= 15 is 0 Å². The van der Waals surface area contributed by atoms with Gasteiger partial charge in [-0.25, -0.2) is 0 Å². The molecular weight excluding hydrogens is 280 g/mol. The van der Waals surface area contributed by atoms with Crippen molar-refractivity contribution in [3.05, 3.63) is 45.2 Å². The minimum absolute atomic E-state index is 0.174. The predicted octanol–water partition coefficient (Wildman–Crippen LogP) is 1.87. The molecule has 2 aliphatic rings. The number of aromatic amines is 1. The summed E-state index contributed by atoms with van der Waals surface area (Å²) in [5.74, 6) is 0. The van der Waals surface area contributed by atoms with Crippen molar-refractivity contribution in [3.63, 3.8) is 0 Å². The Morgan fingerprint density at radius 2 is 1.95 bits per heavy atom. The highest BCUT2D eigenvalue weighted by atomic mass is 16.8. The topological polar surface area (TPSA) is 80.2 Å². The zero-order chi connectivity index (χ0) is 16.3. The number of fused-ring (bicyclic) bond motifs is 1. The Morgan fingerprint density at radius 1 is 1.23 bits per heavy atom. The quantitative estimate of drug-likeness (QED) is 0.653. The number of H-pyrrole nitrogens is 1. The van der Waals surface area contributed by atoms with Gasteiger partial charge in [-0.3, -0.25) is 0 Å². The van der Waals surface area contributed by atoms with Gasteiger partial charge in [0.15, 0.2) is 0 Å². The van der Waals surface area contributed by atoms with Crippen LogP contribution in [0.15, 0.2) is 18.3 Å². The summed E-state index contributed by atoms with van der Waals surface area (Å²) in [5.41, 5.74) is 3.98. The van der Waals surface area contributed by atoms with E-state index in [1.807, 2.05) is 39.3 Å². The minimum atomic E-state index is -0.296.